The number of halogens is 2. The molecule has 0 radical (unpaired) electrons. The molecule has 0 spiro atoms. The Morgan fingerprint density at radius 2 is 1.81 bits per heavy atom. The van der Waals surface area contributed by atoms with Crippen molar-refractivity contribution in [2.24, 2.45) is 0 Å². The van der Waals surface area contributed by atoms with Gasteiger partial charge in [0.1, 0.15) is 5.82 Å². The van der Waals surface area contributed by atoms with Crippen molar-refractivity contribution in [1.82, 2.24) is 15.0 Å². The molecule has 0 fully saturated rings. The lowest BCUT2D eigenvalue weighted by Gasteiger charge is -2.10. The first-order valence-corrected chi connectivity index (χ1v) is 8.01. The SMILES string of the molecule is CNc1nc(-c2cccnc2)nc2ccc(-c3cccc(F)c3F)cc12. The summed E-state index contributed by atoms with van der Waals surface area (Å²) < 4.78 is 27.7. The first-order valence-electron chi connectivity index (χ1n) is 8.01. The number of pyridine rings is 1. The minimum atomic E-state index is -0.875. The standard InChI is InChI=1S/C20H14F2N4/c1-23-20-15-10-12(14-5-2-6-16(21)18(14)22)7-8-17(15)25-19(26-20)13-4-3-9-24-11-13/h2-11H,1H3,(H,23,25,26). The minimum absolute atomic E-state index is 0.199. The van der Waals surface area contributed by atoms with Gasteiger partial charge in [0.2, 0.25) is 0 Å². The lowest BCUT2D eigenvalue weighted by molar-refractivity contribution is 0.511. The Morgan fingerprint density at radius 3 is 2.58 bits per heavy atom. The van der Waals surface area contributed by atoms with Crippen molar-refractivity contribution in [2.45, 2.75) is 0 Å². The lowest BCUT2D eigenvalue weighted by atomic mass is 10.0. The van der Waals surface area contributed by atoms with Crippen LogP contribution < -0.4 is 5.32 Å². The number of benzene rings is 2. The quantitative estimate of drug-likeness (QED) is 0.584. The molecule has 2 aromatic carbocycles. The molecule has 1 N–H and O–H groups in total. The fourth-order valence-electron chi connectivity index (χ4n) is 2.84. The molecule has 6 heteroatoms. The van der Waals surface area contributed by atoms with E-state index in [2.05, 4.69) is 20.3 Å². The van der Waals surface area contributed by atoms with Crippen molar-refractivity contribution in [3.05, 3.63) is 72.6 Å². The normalized spacial score (nSPS) is 10.9. The Morgan fingerprint density at radius 1 is 0.923 bits per heavy atom. The average Bonchev–Trinajstić information content (AvgIpc) is 2.69. The second-order valence-electron chi connectivity index (χ2n) is 5.72. The van der Waals surface area contributed by atoms with Gasteiger partial charge in [-0.15, -0.1) is 0 Å². The summed E-state index contributed by atoms with van der Waals surface area (Å²) in [5.41, 5.74) is 2.25. The number of aromatic nitrogens is 3. The molecule has 0 aliphatic rings. The lowest BCUT2D eigenvalue weighted by Crippen LogP contribution is -1.99. The van der Waals surface area contributed by atoms with Gasteiger partial charge in [-0.1, -0.05) is 18.2 Å². The molecule has 26 heavy (non-hydrogen) atoms. The second-order valence-corrected chi connectivity index (χ2v) is 5.72. The van der Waals surface area contributed by atoms with Crippen molar-refractivity contribution in [1.29, 1.82) is 0 Å². The highest BCUT2D eigenvalue weighted by Gasteiger charge is 2.13. The van der Waals surface area contributed by atoms with Crippen molar-refractivity contribution < 1.29 is 8.78 Å². The van der Waals surface area contributed by atoms with Crippen LogP contribution in [-0.2, 0) is 0 Å². The molecular formula is C20H14F2N4. The van der Waals surface area contributed by atoms with Gasteiger partial charge in [0.25, 0.3) is 0 Å². The zero-order chi connectivity index (χ0) is 18.1. The van der Waals surface area contributed by atoms with E-state index in [9.17, 15) is 8.78 Å². The van der Waals surface area contributed by atoms with Crippen LogP contribution in [0, 0.1) is 11.6 Å². The van der Waals surface area contributed by atoms with Gasteiger partial charge in [0.05, 0.1) is 5.52 Å². The van der Waals surface area contributed by atoms with Crippen LogP contribution in [0.25, 0.3) is 33.4 Å². The van der Waals surface area contributed by atoms with Gasteiger partial charge >= 0.3 is 0 Å². The van der Waals surface area contributed by atoms with Crippen LogP contribution in [-0.4, -0.2) is 22.0 Å². The summed E-state index contributed by atoms with van der Waals surface area (Å²) in [5, 5.41) is 3.77. The van der Waals surface area contributed by atoms with Crippen LogP contribution in [0.15, 0.2) is 60.9 Å². The third-order valence-corrected chi connectivity index (χ3v) is 4.11. The van der Waals surface area contributed by atoms with E-state index in [1.54, 1.807) is 43.7 Å². The molecule has 2 aromatic heterocycles. The topological polar surface area (TPSA) is 50.7 Å². The Hall–Kier alpha value is -3.41. The van der Waals surface area contributed by atoms with Crippen LogP contribution in [0.2, 0.25) is 0 Å². The van der Waals surface area contributed by atoms with Gasteiger partial charge in [-0.2, -0.15) is 0 Å². The van der Waals surface area contributed by atoms with Crippen molar-refractivity contribution in [3.8, 4) is 22.5 Å². The maximum atomic E-state index is 14.1. The minimum Gasteiger partial charge on any atom is -0.373 e. The number of hydrogen-bond donors (Lipinski definition) is 1. The van der Waals surface area contributed by atoms with Crippen LogP contribution in [0.5, 0.6) is 0 Å². The molecule has 0 saturated carbocycles. The van der Waals surface area contributed by atoms with Crippen molar-refractivity contribution in [3.63, 3.8) is 0 Å². The summed E-state index contributed by atoms with van der Waals surface area (Å²) in [6.07, 6.45) is 3.38. The van der Waals surface area contributed by atoms with Gasteiger partial charge in [-0.3, -0.25) is 4.98 Å². The zero-order valence-electron chi connectivity index (χ0n) is 13.9. The zero-order valence-corrected chi connectivity index (χ0v) is 13.9. The number of anilines is 1. The largest absolute Gasteiger partial charge is 0.373 e. The Balaban J connectivity index is 1.90. The molecule has 0 saturated heterocycles. The molecule has 0 aliphatic heterocycles. The highest BCUT2D eigenvalue weighted by atomic mass is 19.2. The molecule has 0 bridgehead atoms. The molecule has 0 atom stereocenters. The van der Waals surface area contributed by atoms with E-state index >= 15 is 0 Å². The Labute approximate surface area is 148 Å². The van der Waals surface area contributed by atoms with Gasteiger partial charge in [0, 0.05) is 36.0 Å². The van der Waals surface area contributed by atoms with Gasteiger partial charge in [-0.05, 0) is 35.9 Å². The van der Waals surface area contributed by atoms with Gasteiger partial charge < -0.3 is 5.32 Å². The molecule has 4 nitrogen and oxygen atoms in total. The number of rotatable bonds is 3. The van der Waals surface area contributed by atoms with Gasteiger partial charge in [-0.25, -0.2) is 18.7 Å². The first-order chi connectivity index (χ1) is 12.7. The van der Waals surface area contributed by atoms with Crippen LogP contribution in [0.3, 0.4) is 0 Å². The first kappa shape index (κ1) is 16.1. The van der Waals surface area contributed by atoms with Gasteiger partial charge in [0.15, 0.2) is 17.5 Å². The molecule has 4 rings (SSSR count). The summed E-state index contributed by atoms with van der Waals surface area (Å²) in [7, 11) is 1.75. The molecule has 0 aliphatic carbocycles. The van der Waals surface area contributed by atoms with Crippen molar-refractivity contribution >= 4 is 16.7 Å². The van der Waals surface area contributed by atoms with E-state index in [0.717, 1.165) is 17.0 Å². The average molecular weight is 348 g/mol. The highest BCUT2D eigenvalue weighted by Crippen LogP contribution is 2.31. The summed E-state index contributed by atoms with van der Waals surface area (Å²) in [5.74, 6) is -0.600. The van der Waals surface area contributed by atoms with Crippen LogP contribution in [0.4, 0.5) is 14.6 Å². The predicted octanol–water partition coefficient (Wildman–Crippen LogP) is 4.68. The van der Waals surface area contributed by atoms with Crippen LogP contribution in [0.1, 0.15) is 0 Å². The van der Waals surface area contributed by atoms with E-state index in [1.165, 1.54) is 6.07 Å². The smallest absolute Gasteiger partial charge is 0.166 e. The molecule has 128 valence electrons. The monoisotopic (exact) mass is 348 g/mol. The number of hydrogen-bond acceptors (Lipinski definition) is 4. The highest BCUT2D eigenvalue weighted by molar-refractivity contribution is 5.93. The predicted molar refractivity (Wildman–Crippen MR) is 97.7 cm³/mol. The third kappa shape index (κ3) is 2.75. The summed E-state index contributed by atoms with van der Waals surface area (Å²) >= 11 is 0. The molecule has 2 heterocycles. The van der Waals surface area contributed by atoms with E-state index in [-0.39, 0.29) is 5.56 Å². The number of nitrogens with zero attached hydrogens (tertiary/aromatic N) is 3. The fourth-order valence-corrected chi connectivity index (χ4v) is 2.84. The third-order valence-electron chi connectivity index (χ3n) is 4.11. The van der Waals surface area contributed by atoms with E-state index in [0.29, 0.717) is 22.7 Å². The Kier molecular flexibility index (Phi) is 4.01. The molecule has 4 aromatic rings. The van der Waals surface area contributed by atoms with E-state index in [1.807, 2.05) is 12.1 Å². The molecular weight excluding hydrogens is 334 g/mol. The maximum absolute atomic E-state index is 14.1. The molecule has 0 amide bonds. The number of nitrogens with one attached hydrogen (secondary N) is 1. The number of fused-ring (bicyclic) bond motifs is 1. The second kappa shape index (κ2) is 6.48. The van der Waals surface area contributed by atoms with E-state index in [4.69, 9.17) is 0 Å². The summed E-state index contributed by atoms with van der Waals surface area (Å²) in [6.45, 7) is 0. The summed E-state index contributed by atoms with van der Waals surface area (Å²) in [4.78, 5) is 13.2. The van der Waals surface area contributed by atoms with Crippen molar-refractivity contribution in [2.75, 3.05) is 12.4 Å². The van der Waals surface area contributed by atoms with E-state index < -0.39 is 11.6 Å². The summed E-state index contributed by atoms with van der Waals surface area (Å²) in [6, 6.07) is 13.1. The Bertz CT molecular complexity index is 1100. The maximum Gasteiger partial charge on any atom is 0.166 e. The molecule has 0 unspecified atom stereocenters. The van der Waals surface area contributed by atoms with Crippen LogP contribution >= 0.6 is 0 Å². The fraction of sp³-hybridized carbons (Fsp3) is 0.0500.